The summed E-state index contributed by atoms with van der Waals surface area (Å²) in [5.74, 6) is 0.000805. The van der Waals surface area contributed by atoms with E-state index in [0.29, 0.717) is 18.2 Å². The Morgan fingerprint density at radius 2 is 1.84 bits per heavy atom. The highest BCUT2D eigenvalue weighted by molar-refractivity contribution is 5.94. The Bertz CT molecular complexity index is 679. The lowest BCUT2D eigenvalue weighted by molar-refractivity contribution is 0.0784. The van der Waals surface area contributed by atoms with Crippen molar-refractivity contribution in [1.29, 1.82) is 0 Å². The van der Waals surface area contributed by atoms with Gasteiger partial charge in [-0.05, 0) is 24.5 Å². The number of hydrogen-bond acceptors (Lipinski definition) is 3. The van der Waals surface area contributed by atoms with Crippen molar-refractivity contribution in [2.24, 2.45) is 0 Å². The van der Waals surface area contributed by atoms with E-state index in [-0.39, 0.29) is 5.91 Å². The highest BCUT2D eigenvalue weighted by atomic mass is 16.2. The molecule has 0 atom stereocenters. The second-order valence-electron chi connectivity index (χ2n) is 6.94. The fourth-order valence-electron chi connectivity index (χ4n) is 3.44. The molecule has 0 aliphatic heterocycles. The third kappa shape index (κ3) is 5.05. The number of hydrogen-bond donors (Lipinski definition) is 1. The van der Waals surface area contributed by atoms with Gasteiger partial charge in [0.05, 0.1) is 11.3 Å². The molecule has 132 valence electrons. The number of carbonyl (C=O) groups excluding carboxylic acids is 1. The lowest BCUT2D eigenvalue weighted by atomic mass is 10.1. The topological polar surface area (TPSA) is 45.2 Å². The van der Waals surface area contributed by atoms with Gasteiger partial charge < -0.3 is 10.2 Å². The molecule has 1 aromatic heterocycles. The summed E-state index contributed by atoms with van der Waals surface area (Å²) in [5.41, 5.74) is 2.71. The summed E-state index contributed by atoms with van der Waals surface area (Å²) < 4.78 is 0. The Labute approximate surface area is 150 Å². The van der Waals surface area contributed by atoms with E-state index in [4.69, 9.17) is 0 Å². The first-order chi connectivity index (χ1) is 12.2. The third-order valence-electron chi connectivity index (χ3n) is 4.82. The van der Waals surface area contributed by atoms with Crippen LogP contribution in [0.1, 0.15) is 54.4 Å². The minimum Gasteiger partial charge on any atom is -0.381 e. The van der Waals surface area contributed by atoms with Crippen LogP contribution in [0.25, 0.3) is 0 Å². The molecule has 25 heavy (non-hydrogen) atoms. The number of nitrogens with zero attached hydrogens (tertiary/aromatic N) is 2. The highest BCUT2D eigenvalue weighted by Gasteiger charge is 2.15. The fraction of sp³-hybridized carbons (Fsp3) is 0.429. The molecule has 4 heteroatoms. The van der Waals surface area contributed by atoms with Gasteiger partial charge in [-0.3, -0.25) is 9.78 Å². The zero-order chi connectivity index (χ0) is 17.5. The van der Waals surface area contributed by atoms with Crippen LogP contribution < -0.4 is 5.32 Å². The van der Waals surface area contributed by atoms with Gasteiger partial charge in [0.25, 0.3) is 5.91 Å². The maximum atomic E-state index is 12.7. The number of pyridine rings is 1. The molecule has 1 aromatic carbocycles. The molecule has 3 rings (SSSR count). The standard InChI is InChI=1S/C21H27N3O/c1-24(16-17-9-5-4-6-10-17)21(25)18-13-20(15-22-14-18)23-19-11-7-2-3-8-12-19/h4-6,9-10,13-15,19,23H,2-3,7-8,11-12,16H2,1H3. The summed E-state index contributed by atoms with van der Waals surface area (Å²) in [6.07, 6.45) is 11.1. The molecule has 0 saturated heterocycles. The van der Waals surface area contributed by atoms with Crippen molar-refractivity contribution >= 4 is 11.6 Å². The lowest BCUT2D eigenvalue weighted by Gasteiger charge is -2.20. The first-order valence-electron chi connectivity index (χ1n) is 9.23. The lowest BCUT2D eigenvalue weighted by Crippen LogP contribution is -2.26. The maximum Gasteiger partial charge on any atom is 0.255 e. The van der Waals surface area contributed by atoms with Crippen LogP contribution in [0.3, 0.4) is 0 Å². The number of aromatic nitrogens is 1. The van der Waals surface area contributed by atoms with E-state index >= 15 is 0 Å². The molecule has 1 amide bonds. The Kier molecular flexibility index (Phi) is 6.04. The zero-order valence-corrected chi connectivity index (χ0v) is 14.9. The van der Waals surface area contributed by atoms with E-state index in [1.54, 1.807) is 11.1 Å². The summed E-state index contributed by atoms with van der Waals surface area (Å²) in [7, 11) is 1.83. The Morgan fingerprint density at radius 3 is 2.56 bits per heavy atom. The third-order valence-corrected chi connectivity index (χ3v) is 4.82. The summed E-state index contributed by atoms with van der Waals surface area (Å²) in [6.45, 7) is 0.597. The highest BCUT2D eigenvalue weighted by Crippen LogP contribution is 2.21. The normalized spacial score (nSPS) is 15.4. The van der Waals surface area contributed by atoms with Crippen LogP contribution in [0, 0.1) is 0 Å². The minimum atomic E-state index is 0.000805. The molecule has 1 aliphatic carbocycles. The van der Waals surface area contributed by atoms with Gasteiger partial charge in [-0.1, -0.05) is 56.0 Å². The van der Waals surface area contributed by atoms with Gasteiger partial charge in [0.15, 0.2) is 0 Å². The van der Waals surface area contributed by atoms with Gasteiger partial charge in [0.2, 0.25) is 0 Å². The number of benzene rings is 1. The molecule has 1 heterocycles. The van der Waals surface area contributed by atoms with Crippen LogP contribution >= 0.6 is 0 Å². The largest absolute Gasteiger partial charge is 0.381 e. The SMILES string of the molecule is CN(Cc1ccccc1)C(=O)c1cncc(NC2CCCCCC2)c1. The first kappa shape index (κ1) is 17.5. The van der Waals surface area contributed by atoms with Gasteiger partial charge in [-0.25, -0.2) is 0 Å². The minimum absolute atomic E-state index is 0.000805. The van der Waals surface area contributed by atoms with Crippen molar-refractivity contribution in [3.8, 4) is 0 Å². The molecule has 4 nitrogen and oxygen atoms in total. The molecule has 0 spiro atoms. The molecule has 0 bridgehead atoms. The number of amides is 1. The quantitative estimate of drug-likeness (QED) is 0.818. The van der Waals surface area contributed by atoms with Crippen LogP contribution in [0.2, 0.25) is 0 Å². The molecule has 1 N–H and O–H groups in total. The fourth-order valence-corrected chi connectivity index (χ4v) is 3.44. The second kappa shape index (κ2) is 8.65. The van der Waals surface area contributed by atoms with E-state index in [2.05, 4.69) is 10.3 Å². The molecule has 1 aliphatic rings. The van der Waals surface area contributed by atoms with Gasteiger partial charge in [0.1, 0.15) is 0 Å². The van der Waals surface area contributed by atoms with Gasteiger partial charge in [-0.15, -0.1) is 0 Å². The van der Waals surface area contributed by atoms with Crippen LogP contribution in [0.5, 0.6) is 0 Å². The van der Waals surface area contributed by atoms with E-state index in [0.717, 1.165) is 11.3 Å². The number of nitrogens with one attached hydrogen (secondary N) is 1. The number of carbonyl (C=O) groups is 1. The predicted molar refractivity (Wildman–Crippen MR) is 102 cm³/mol. The Hall–Kier alpha value is -2.36. The van der Waals surface area contributed by atoms with E-state index in [1.807, 2.05) is 49.6 Å². The summed E-state index contributed by atoms with van der Waals surface area (Å²) in [5, 5.41) is 3.57. The second-order valence-corrected chi connectivity index (χ2v) is 6.94. The monoisotopic (exact) mass is 337 g/mol. The average Bonchev–Trinajstić information content (AvgIpc) is 2.91. The van der Waals surface area contributed by atoms with Gasteiger partial charge >= 0.3 is 0 Å². The first-order valence-corrected chi connectivity index (χ1v) is 9.23. The number of rotatable bonds is 5. The van der Waals surface area contributed by atoms with Crippen LogP contribution in [-0.2, 0) is 6.54 Å². The van der Waals surface area contributed by atoms with Gasteiger partial charge in [0, 0.05) is 32.0 Å². The van der Waals surface area contributed by atoms with Crippen molar-refractivity contribution in [3.63, 3.8) is 0 Å². The van der Waals surface area contributed by atoms with E-state index < -0.39 is 0 Å². The summed E-state index contributed by atoms with van der Waals surface area (Å²) >= 11 is 0. The molecule has 0 radical (unpaired) electrons. The molecule has 1 fully saturated rings. The molecular formula is C21H27N3O. The summed E-state index contributed by atoms with van der Waals surface area (Å²) in [6, 6.07) is 12.5. The van der Waals surface area contributed by atoms with E-state index in [9.17, 15) is 4.79 Å². The van der Waals surface area contributed by atoms with E-state index in [1.165, 1.54) is 38.5 Å². The predicted octanol–water partition coefficient (Wildman–Crippen LogP) is 4.49. The van der Waals surface area contributed by atoms with Crippen molar-refractivity contribution in [3.05, 3.63) is 59.9 Å². The van der Waals surface area contributed by atoms with Gasteiger partial charge in [-0.2, -0.15) is 0 Å². The van der Waals surface area contributed by atoms with Crippen molar-refractivity contribution < 1.29 is 4.79 Å². The molecular weight excluding hydrogens is 310 g/mol. The smallest absolute Gasteiger partial charge is 0.255 e. The van der Waals surface area contributed by atoms with Crippen LogP contribution in [0.4, 0.5) is 5.69 Å². The molecule has 1 saturated carbocycles. The average molecular weight is 337 g/mol. The maximum absolute atomic E-state index is 12.7. The number of anilines is 1. The molecule has 2 aromatic rings. The van der Waals surface area contributed by atoms with Crippen molar-refractivity contribution in [2.75, 3.05) is 12.4 Å². The Morgan fingerprint density at radius 1 is 1.12 bits per heavy atom. The van der Waals surface area contributed by atoms with Crippen molar-refractivity contribution in [2.45, 2.75) is 51.1 Å². The molecule has 0 unspecified atom stereocenters. The van der Waals surface area contributed by atoms with Crippen LogP contribution in [-0.4, -0.2) is 28.9 Å². The summed E-state index contributed by atoms with van der Waals surface area (Å²) in [4.78, 5) is 18.7. The van der Waals surface area contributed by atoms with Crippen molar-refractivity contribution in [1.82, 2.24) is 9.88 Å². The zero-order valence-electron chi connectivity index (χ0n) is 14.9. The van der Waals surface area contributed by atoms with Crippen LogP contribution in [0.15, 0.2) is 48.8 Å². The Balaban J connectivity index is 1.64.